The molecule has 0 saturated carbocycles. The standard InChI is InChI=1S/C10H10F4O/c1-6(15)4-7-5-8(11)2-3-9(7)10(12,13)14/h2-3,5-6,15H,4H2,1H3/t6-/m1/s1. The number of halogens is 4. The van der Waals surface area contributed by atoms with E-state index in [9.17, 15) is 17.6 Å². The molecule has 1 aromatic carbocycles. The first kappa shape index (κ1) is 12.0. The zero-order valence-electron chi connectivity index (χ0n) is 7.98. The van der Waals surface area contributed by atoms with E-state index in [2.05, 4.69) is 0 Å². The molecule has 1 N–H and O–H groups in total. The Kier molecular flexibility index (Phi) is 3.34. The van der Waals surface area contributed by atoms with Crippen LogP contribution in [-0.4, -0.2) is 11.2 Å². The number of benzene rings is 1. The molecule has 0 spiro atoms. The van der Waals surface area contributed by atoms with Gasteiger partial charge in [-0.1, -0.05) is 0 Å². The summed E-state index contributed by atoms with van der Waals surface area (Å²) < 4.78 is 50.0. The van der Waals surface area contributed by atoms with E-state index in [1.54, 1.807) is 0 Å². The van der Waals surface area contributed by atoms with Crippen molar-refractivity contribution < 1.29 is 22.7 Å². The molecule has 1 rings (SSSR count). The van der Waals surface area contributed by atoms with Crippen LogP contribution >= 0.6 is 0 Å². The minimum Gasteiger partial charge on any atom is -0.393 e. The highest BCUT2D eigenvalue weighted by Crippen LogP contribution is 2.32. The molecule has 1 aromatic rings. The Morgan fingerprint density at radius 2 is 1.93 bits per heavy atom. The van der Waals surface area contributed by atoms with E-state index in [1.165, 1.54) is 6.92 Å². The average Bonchev–Trinajstić information content (AvgIpc) is 1.99. The predicted molar refractivity (Wildman–Crippen MR) is 46.8 cm³/mol. The van der Waals surface area contributed by atoms with Crippen LogP contribution in [0.4, 0.5) is 17.6 Å². The van der Waals surface area contributed by atoms with Gasteiger partial charge < -0.3 is 5.11 Å². The van der Waals surface area contributed by atoms with Crippen molar-refractivity contribution in [3.8, 4) is 0 Å². The second-order valence-electron chi connectivity index (χ2n) is 3.35. The molecule has 0 amide bonds. The smallest absolute Gasteiger partial charge is 0.393 e. The Balaban J connectivity index is 3.15. The highest BCUT2D eigenvalue weighted by atomic mass is 19.4. The van der Waals surface area contributed by atoms with E-state index in [4.69, 9.17) is 5.11 Å². The summed E-state index contributed by atoms with van der Waals surface area (Å²) in [7, 11) is 0. The molecule has 84 valence electrons. The lowest BCUT2D eigenvalue weighted by atomic mass is 10.0. The fourth-order valence-electron chi connectivity index (χ4n) is 1.33. The summed E-state index contributed by atoms with van der Waals surface area (Å²) in [6, 6.07) is 2.25. The van der Waals surface area contributed by atoms with E-state index >= 15 is 0 Å². The van der Waals surface area contributed by atoms with Crippen molar-refractivity contribution in [2.45, 2.75) is 25.6 Å². The number of hydrogen-bond donors (Lipinski definition) is 1. The Bertz CT molecular complexity index is 344. The van der Waals surface area contributed by atoms with Crippen molar-refractivity contribution in [3.63, 3.8) is 0 Å². The van der Waals surface area contributed by atoms with Gasteiger partial charge in [-0.05, 0) is 37.1 Å². The molecule has 15 heavy (non-hydrogen) atoms. The molecule has 0 aromatic heterocycles. The number of alkyl halides is 3. The molecular formula is C10H10F4O. The molecule has 0 fully saturated rings. The second kappa shape index (κ2) is 4.18. The van der Waals surface area contributed by atoms with Gasteiger partial charge in [0.05, 0.1) is 11.7 Å². The summed E-state index contributed by atoms with van der Waals surface area (Å²) in [5.74, 6) is -0.737. The van der Waals surface area contributed by atoms with E-state index in [0.717, 1.165) is 12.1 Å². The van der Waals surface area contributed by atoms with Crippen LogP contribution in [0, 0.1) is 5.82 Å². The number of aliphatic hydroxyl groups is 1. The molecule has 1 atom stereocenters. The molecule has 1 nitrogen and oxygen atoms in total. The van der Waals surface area contributed by atoms with Gasteiger partial charge in [0.2, 0.25) is 0 Å². The van der Waals surface area contributed by atoms with Crippen LogP contribution in [0.1, 0.15) is 18.1 Å². The summed E-state index contributed by atoms with van der Waals surface area (Å²) >= 11 is 0. The highest BCUT2D eigenvalue weighted by molar-refractivity contribution is 5.30. The van der Waals surface area contributed by atoms with Crippen molar-refractivity contribution in [2.24, 2.45) is 0 Å². The van der Waals surface area contributed by atoms with Crippen molar-refractivity contribution in [1.82, 2.24) is 0 Å². The first-order chi connectivity index (χ1) is 6.80. The maximum absolute atomic E-state index is 12.7. The predicted octanol–water partition coefficient (Wildman–Crippen LogP) is 2.77. The maximum Gasteiger partial charge on any atom is 0.416 e. The van der Waals surface area contributed by atoms with Gasteiger partial charge in [-0.15, -0.1) is 0 Å². The molecule has 0 aliphatic rings. The molecule has 0 saturated heterocycles. The van der Waals surface area contributed by atoms with Gasteiger partial charge >= 0.3 is 6.18 Å². The van der Waals surface area contributed by atoms with Gasteiger partial charge in [0.25, 0.3) is 0 Å². The fourth-order valence-corrected chi connectivity index (χ4v) is 1.33. The Morgan fingerprint density at radius 3 is 2.40 bits per heavy atom. The lowest BCUT2D eigenvalue weighted by Crippen LogP contribution is -2.13. The van der Waals surface area contributed by atoms with E-state index < -0.39 is 23.7 Å². The van der Waals surface area contributed by atoms with Gasteiger partial charge in [-0.25, -0.2) is 4.39 Å². The van der Waals surface area contributed by atoms with E-state index in [0.29, 0.717) is 6.07 Å². The third-order valence-electron chi connectivity index (χ3n) is 1.89. The zero-order valence-corrected chi connectivity index (χ0v) is 7.98. The lowest BCUT2D eigenvalue weighted by molar-refractivity contribution is -0.138. The molecule has 0 aliphatic heterocycles. The monoisotopic (exact) mass is 222 g/mol. The lowest BCUT2D eigenvalue weighted by Gasteiger charge is -2.13. The van der Waals surface area contributed by atoms with E-state index in [1.807, 2.05) is 0 Å². The maximum atomic E-state index is 12.7. The largest absolute Gasteiger partial charge is 0.416 e. The van der Waals surface area contributed by atoms with Crippen LogP contribution in [-0.2, 0) is 12.6 Å². The van der Waals surface area contributed by atoms with Gasteiger partial charge in [0, 0.05) is 0 Å². The molecule has 0 heterocycles. The van der Waals surface area contributed by atoms with E-state index in [-0.39, 0.29) is 12.0 Å². The van der Waals surface area contributed by atoms with Crippen LogP contribution in [0.3, 0.4) is 0 Å². The third-order valence-corrected chi connectivity index (χ3v) is 1.89. The van der Waals surface area contributed by atoms with Crippen molar-refractivity contribution in [2.75, 3.05) is 0 Å². The number of aliphatic hydroxyl groups excluding tert-OH is 1. The molecule has 0 radical (unpaired) electrons. The summed E-state index contributed by atoms with van der Waals surface area (Å²) in [6.45, 7) is 1.35. The van der Waals surface area contributed by atoms with Crippen LogP contribution in [0.25, 0.3) is 0 Å². The van der Waals surface area contributed by atoms with Crippen molar-refractivity contribution in [3.05, 3.63) is 35.1 Å². The van der Waals surface area contributed by atoms with Crippen LogP contribution in [0.5, 0.6) is 0 Å². The van der Waals surface area contributed by atoms with Crippen molar-refractivity contribution in [1.29, 1.82) is 0 Å². The van der Waals surface area contributed by atoms with Gasteiger partial charge in [0.15, 0.2) is 0 Å². The zero-order chi connectivity index (χ0) is 11.6. The second-order valence-corrected chi connectivity index (χ2v) is 3.35. The molecule has 0 bridgehead atoms. The average molecular weight is 222 g/mol. The van der Waals surface area contributed by atoms with Crippen molar-refractivity contribution >= 4 is 0 Å². The Morgan fingerprint density at radius 1 is 1.33 bits per heavy atom. The molecular weight excluding hydrogens is 212 g/mol. The molecule has 0 unspecified atom stereocenters. The summed E-state index contributed by atoms with van der Waals surface area (Å²) in [5, 5.41) is 9.00. The highest BCUT2D eigenvalue weighted by Gasteiger charge is 2.33. The Hall–Kier alpha value is -1.10. The van der Waals surface area contributed by atoms with Gasteiger partial charge in [-0.3, -0.25) is 0 Å². The first-order valence-electron chi connectivity index (χ1n) is 4.34. The molecule has 0 aliphatic carbocycles. The minimum absolute atomic E-state index is 0.216. The Labute approximate surface area is 84.3 Å². The SMILES string of the molecule is C[C@@H](O)Cc1cc(F)ccc1C(F)(F)F. The fraction of sp³-hybridized carbons (Fsp3) is 0.400. The number of rotatable bonds is 2. The minimum atomic E-state index is -4.52. The topological polar surface area (TPSA) is 20.2 Å². The first-order valence-corrected chi connectivity index (χ1v) is 4.34. The third kappa shape index (κ3) is 3.20. The summed E-state index contributed by atoms with van der Waals surface area (Å²) in [4.78, 5) is 0. The molecule has 5 heteroatoms. The normalized spacial score (nSPS) is 14.0. The summed E-state index contributed by atoms with van der Waals surface area (Å²) in [5.41, 5.74) is -1.12. The van der Waals surface area contributed by atoms with Gasteiger partial charge in [0.1, 0.15) is 5.82 Å². The summed E-state index contributed by atoms with van der Waals surface area (Å²) in [6.07, 6.45) is -5.67. The quantitative estimate of drug-likeness (QED) is 0.763. The number of hydrogen-bond acceptors (Lipinski definition) is 1. The van der Waals surface area contributed by atoms with Crippen LogP contribution in [0.2, 0.25) is 0 Å². The van der Waals surface area contributed by atoms with Crippen LogP contribution < -0.4 is 0 Å². The van der Waals surface area contributed by atoms with Gasteiger partial charge in [-0.2, -0.15) is 13.2 Å². The van der Waals surface area contributed by atoms with Crippen LogP contribution in [0.15, 0.2) is 18.2 Å².